The number of nitrogens with zero attached hydrogens (tertiary/aromatic N) is 1. The second-order valence-electron chi connectivity index (χ2n) is 7.59. The largest absolute Gasteiger partial charge is 0.496 e. The number of methoxy groups -OCH3 is 1. The van der Waals surface area contributed by atoms with Gasteiger partial charge < -0.3 is 25.0 Å². The predicted octanol–water partition coefficient (Wildman–Crippen LogP) is 4.49. The van der Waals surface area contributed by atoms with E-state index >= 15 is 0 Å². The normalized spacial score (nSPS) is 11.9. The van der Waals surface area contributed by atoms with Gasteiger partial charge in [-0.05, 0) is 36.2 Å². The molecule has 1 unspecified atom stereocenters. The number of aromatic carboxylic acids is 1. The highest BCUT2D eigenvalue weighted by Gasteiger charge is 2.22. The minimum Gasteiger partial charge on any atom is -0.496 e. The molecule has 0 aliphatic heterocycles. The van der Waals surface area contributed by atoms with Crippen molar-refractivity contribution < 1.29 is 19.4 Å². The number of benzene rings is 2. The van der Waals surface area contributed by atoms with E-state index in [1.165, 1.54) is 18.1 Å². The SMILES string of the molecule is COc1cc(C(=O)O)ccc1C(C)c1c(Cl)[nH]c2ccc(CCNC(=O)N(C)C)cc12. The van der Waals surface area contributed by atoms with Gasteiger partial charge in [-0.1, -0.05) is 30.7 Å². The summed E-state index contributed by atoms with van der Waals surface area (Å²) in [5.74, 6) is -0.642. The summed E-state index contributed by atoms with van der Waals surface area (Å²) in [5, 5.41) is 13.6. The van der Waals surface area contributed by atoms with Crippen molar-refractivity contribution in [2.45, 2.75) is 19.3 Å². The Hall–Kier alpha value is -3.19. The standard InChI is InChI=1S/C23H26ClN3O4/c1-13(16-7-6-15(22(28)29)12-19(16)31-4)20-17-11-14(5-8-18(17)26-21(20)24)9-10-25-23(30)27(2)3/h5-8,11-13,26H,9-10H2,1-4H3,(H,25,30)(H,28,29). The van der Waals surface area contributed by atoms with Crippen LogP contribution in [-0.4, -0.2) is 54.7 Å². The van der Waals surface area contributed by atoms with Gasteiger partial charge in [-0.2, -0.15) is 0 Å². The number of nitrogens with one attached hydrogen (secondary N) is 2. The van der Waals surface area contributed by atoms with Gasteiger partial charge >= 0.3 is 12.0 Å². The smallest absolute Gasteiger partial charge is 0.335 e. The Morgan fingerprint density at radius 1 is 1.23 bits per heavy atom. The van der Waals surface area contributed by atoms with Crippen molar-refractivity contribution in [1.29, 1.82) is 0 Å². The van der Waals surface area contributed by atoms with Crippen LogP contribution in [0.1, 0.15) is 39.9 Å². The van der Waals surface area contributed by atoms with Crippen LogP contribution >= 0.6 is 11.6 Å². The molecular formula is C23H26ClN3O4. The third-order valence-corrected chi connectivity index (χ3v) is 5.63. The van der Waals surface area contributed by atoms with E-state index in [9.17, 15) is 14.7 Å². The maximum Gasteiger partial charge on any atom is 0.335 e. The van der Waals surface area contributed by atoms with Gasteiger partial charge in [0.25, 0.3) is 0 Å². The van der Waals surface area contributed by atoms with E-state index in [-0.39, 0.29) is 17.5 Å². The number of rotatable bonds is 7. The Kier molecular flexibility index (Phi) is 6.75. The summed E-state index contributed by atoms with van der Waals surface area (Å²) >= 11 is 6.57. The zero-order valence-electron chi connectivity index (χ0n) is 18.0. The summed E-state index contributed by atoms with van der Waals surface area (Å²) in [5.41, 5.74) is 3.91. The van der Waals surface area contributed by atoms with E-state index in [0.717, 1.165) is 27.6 Å². The third kappa shape index (κ3) is 4.77. The number of carboxylic acid groups (broad SMARTS) is 1. The van der Waals surface area contributed by atoms with E-state index in [2.05, 4.69) is 16.4 Å². The van der Waals surface area contributed by atoms with Crippen molar-refractivity contribution in [3.63, 3.8) is 0 Å². The molecule has 0 spiro atoms. The van der Waals surface area contributed by atoms with Crippen LogP contribution in [-0.2, 0) is 6.42 Å². The lowest BCUT2D eigenvalue weighted by molar-refractivity contribution is 0.0696. The number of urea groups is 1. The number of halogens is 1. The highest BCUT2D eigenvalue weighted by molar-refractivity contribution is 6.32. The molecule has 3 N–H and O–H groups in total. The molecule has 7 nitrogen and oxygen atoms in total. The van der Waals surface area contributed by atoms with Crippen LogP contribution < -0.4 is 10.1 Å². The molecule has 8 heteroatoms. The van der Waals surface area contributed by atoms with Gasteiger partial charge in [-0.25, -0.2) is 9.59 Å². The molecule has 3 aromatic rings. The molecule has 3 rings (SSSR count). The lowest BCUT2D eigenvalue weighted by Gasteiger charge is -2.17. The third-order valence-electron chi connectivity index (χ3n) is 5.33. The summed E-state index contributed by atoms with van der Waals surface area (Å²) in [4.78, 5) is 27.7. The maximum absolute atomic E-state index is 11.7. The number of carbonyl (C=O) groups excluding carboxylic acids is 1. The first-order valence-electron chi connectivity index (χ1n) is 9.89. The van der Waals surface area contributed by atoms with Crippen LogP contribution in [0.3, 0.4) is 0 Å². The van der Waals surface area contributed by atoms with Gasteiger partial charge in [0.05, 0.1) is 12.7 Å². The average Bonchev–Trinajstić information content (AvgIpc) is 3.07. The number of carboxylic acids is 1. The molecule has 0 fully saturated rings. The zero-order chi connectivity index (χ0) is 22.7. The number of ether oxygens (including phenoxy) is 1. The summed E-state index contributed by atoms with van der Waals surface area (Å²) in [7, 11) is 4.93. The lowest BCUT2D eigenvalue weighted by atomic mass is 9.90. The van der Waals surface area contributed by atoms with Gasteiger partial charge in [-0.3, -0.25) is 0 Å². The van der Waals surface area contributed by atoms with Gasteiger partial charge in [0.1, 0.15) is 10.9 Å². The molecule has 1 aromatic heterocycles. The van der Waals surface area contributed by atoms with Gasteiger partial charge in [-0.15, -0.1) is 0 Å². The molecule has 31 heavy (non-hydrogen) atoms. The number of hydrogen-bond donors (Lipinski definition) is 3. The van der Waals surface area contributed by atoms with Crippen LogP contribution in [0.15, 0.2) is 36.4 Å². The Labute approximate surface area is 186 Å². The van der Waals surface area contributed by atoms with Crippen molar-refractivity contribution in [2.24, 2.45) is 0 Å². The Bertz CT molecular complexity index is 1120. The maximum atomic E-state index is 11.7. The van der Waals surface area contributed by atoms with Crippen LogP contribution in [0.5, 0.6) is 5.75 Å². The van der Waals surface area contributed by atoms with Crippen LogP contribution in [0, 0.1) is 0 Å². The fourth-order valence-corrected chi connectivity index (χ4v) is 4.00. The van der Waals surface area contributed by atoms with Crippen LogP contribution in [0.4, 0.5) is 4.79 Å². The first-order valence-corrected chi connectivity index (χ1v) is 10.3. The van der Waals surface area contributed by atoms with E-state index in [1.807, 2.05) is 19.1 Å². The van der Waals surface area contributed by atoms with Gasteiger partial charge in [0, 0.05) is 48.6 Å². The number of fused-ring (bicyclic) bond motifs is 1. The first-order chi connectivity index (χ1) is 14.7. The summed E-state index contributed by atoms with van der Waals surface area (Å²) < 4.78 is 5.47. The van der Waals surface area contributed by atoms with Crippen LogP contribution in [0.2, 0.25) is 5.15 Å². The summed E-state index contributed by atoms with van der Waals surface area (Å²) in [6.45, 7) is 2.53. The number of H-pyrrole nitrogens is 1. The predicted molar refractivity (Wildman–Crippen MR) is 122 cm³/mol. The van der Waals surface area contributed by atoms with Crippen molar-refractivity contribution >= 4 is 34.5 Å². The first kappa shape index (κ1) is 22.5. The topological polar surface area (TPSA) is 94.7 Å². The molecule has 0 aliphatic carbocycles. The van der Waals surface area contributed by atoms with E-state index in [0.29, 0.717) is 23.9 Å². The van der Waals surface area contributed by atoms with Crippen molar-refractivity contribution in [3.05, 3.63) is 63.8 Å². The van der Waals surface area contributed by atoms with E-state index in [1.54, 1.807) is 26.2 Å². The quantitative estimate of drug-likeness (QED) is 0.501. The number of aromatic nitrogens is 1. The minimum absolute atomic E-state index is 0.128. The molecular weight excluding hydrogens is 418 g/mol. The van der Waals surface area contributed by atoms with Crippen molar-refractivity contribution in [3.8, 4) is 5.75 Å². The van der Waals surface area contributed by atoms with Gasteiger partial charge in [0.2, 0.25) is 0 Å². The Morgan fingerprint density at radius 2 is 1.97 bits per heavy atom. The molecule has 0 bridgehead atoms. The molecule has 2 amide bonds. The van der Waals surface area contributed by atoms with E-state index in [4.69, 9.17) is 16.3 Å². The lowest BCUT2D eigenvalue weighted by Crippen LogP contribution is -2.35. The molecule has 164 valence electrons. The number of carbonyl (C=O) groups is 2. The molecule has 0 aliphatic rings. The monoisotopic (exact) mass is 443 g/mol. The number of amides is 2. The van der Waals surface area contributed by atoms with E-state index < -0.39 is 5.97 Å². The molecule has 0 radical (unpaired) electrons. The average molecular weight is 444 g/mol. The Balaban J connectivity index is 1.93. The summed E-state index contributed by atoms with van der Waals surface area (Å²) in [6, 6.07) is 10.8. The molecule has 1 atom stereocenters. The minimum atomic E-state index is -1.01. The second kappa shape index (κ2) is 9.31. The molecule has 0 saturated heterocycles. The van der Waals surface area contributed by atoms with Crippen LogP contribution in [0.25, 0.3) is 10.9 Å². The fraction of sp³-hybridized carbons (Fsp3) is 0.304. The molecule has 2 aromatic carbocycles. The second-order valence-corrected chi connectivity index (χ2v) is 7.97. The molecule has 0 saturated carbocycles. The highest BCUT2D eigenvalue weighted by atomic mass is 35.5. The number of aromatic amines is 1. The van der Waals surface area contributed by atoms with Gasteiger partial charge in [0.15, 0.2) is 0 Å². The van der Waals surface area contributed by atoms with Crippen molar-refractivity contribution in [1.82, 2.24) is 15.2 Å². The zero-order valence-corrected chi connectivity index (χ0v) is 18.7. The highest BCUT2D eigenvalue weighted by Crippen LogP contribution is 2.40. The van der Waals surface area contributed by atoms with Crippen molar-refractivity contribution in [2.75, 3.05) is 27.7 Å². The molecule has 1 heterocycles. The number of hydrogen-bond acceptors (Lipinski definition) is 3. The Morgan fingerprint density at radius 3 is 2.61 bits per heavy atom. The fourth-order valence-electron chi connectivity index (χ4n) is 3.64. The summed E-state index contributed by atoms with van der Waals surface area (Å²) in [6.07, 6.45) is 0.683.